The number of unbranched alkanes of at least 4 members (excludes halogenated alkanes) is 1. The molecular formula is C25H32BrNO4. The molecule has 6 heteroatoms. The molecule has 0 fully saturated rings. The first-order valence-corrected chi connectivity index (χ1v) is 11.2. The Hall–Kier alpha value is -2.47. The summed E-state index contributed by atoms with van der Waals surface area (Å²) >= 11 is 3.56. The Labute approximate surface area is 194 Å². The summed E-state index contributed by atoms with van der Waals surface area (Å²) < 4.78 is 18.6. The molecule has 0 N–H and O–H groups in total. The van der Waals surface area contributed by atoms with Crippen molar-refractivity contribution in [3.63, 3.8) is 0 Å². The molecule has 0 aliphatic heterocycles. The summed E-state index contributed by atoms with van der Waals surface area (Å²) in [5.41, 5.74) is 3.97. The lowest BCUT2D eigenvalue weighted by atomic mass is 10.1. The Morgan fingerprint density at radius 3 is 2.29 bits per heavy atom. The molecule has 0 aromatic heterocycles. The second kappa shape index (κ2) is 13.1. The largest absolute Gasteiger partial charge is 0.493 e. The first kappa shape index (κ1) is 24.8. The van der Waals surface area contributed by atoms with Crippen molar-refractivity contribution in [1.82, 2.24) is 0 Å². The minimum Gasteiger partial charge on any atom is -0.493 e. The number of allylic oxidation sites excluding steroid dienone is 1. The maximum atomic E-state index is 6.03. The molecule has 0 amide bonds. The topological polar surface area (TPSA) is 49.3 Å². The van der Waals surface area contributed by atoms with Crippen molar-refractivity contribution in [1.29, 1.82) is 0 Å². The van der Waals surface area contributed by atoms with E-state index in [1.807, 2.05) is 70.2 Å². The van der Waals surface area contributed by atoms with Gasteiger partial charge in [-0.2, -0.15) is 0 Å². The minimum absolute atomic E-state index is 0.578. The smallest absolute Gasteiger partial charge is 0.133 e. The minimum atomic E-state index is 0.578. The Balaban J connectivity index is 1.77. The molecule has 0 radical (unpaired) electrons. The molecule has 0 saturated carbocycles. The van der Waals surface area contributed by atoms with Crippen LogP contribution in [-0.4, -0.2) is 32.6 Å². The van der Waals surface area contributed by atoms with Crippen LogP contribution in [0.15, 0.2) is 52.1 Å². The van der Waals surface area contributed by atoms with E-state index in [1.54, 1.807) is 0 Å². The zero-order valence-electron chi connectivity index (χ0n) is 19.0. The fourth-order valence-corrected chi connectivity index (χ4v) is 3.55. The van der Waals surface area contributed by atoms with Gasteiger partial charge in [-0.25, -0.2) is 0 Å². The summed E-state index contributed by atoms with van der Waals surface area (Å²) in [6.45, 7) is 9.84. The summed E-state index contributed by atoms with van der Waals surface area (Å²) in [4.78, 5) is 4.82. The molecule has 0 unspecified atom stereocenters. The number of ether oxygens (including phenoxy) is 3. The number of halogens is 1. The quantitative estimate of drug-likeness (QED) is 0.145. The van der Waals surface area contributed by atoms with Crippen molar-refractivity contribution in [3.05, 3.63) is 63.6 Å². The fourth-order valence-electron chi connectivity index (χ4n) is 3.06. The number of rotatable bonds is 12. The zero-order valence-corrected chi connectivity index (χ0v) is 20.6. The number of hydrogen-bond donors (Lipinski definition) is 0. The SMILES string of the molecule is C/C=C/COc1cc(C)c(OCCCCOc2ccc(C(C)=NOC)cc2Br)c(C)c1. The maximum absolute atomic E-state index is 6.03. The number of nitrogens with zero attached hydrogens (tertiary/aromatic N) is 1. The lowest BCUT2D eigenvalue weighted by Crippen LogP contribution is -2.05. The van der Waals surface area contributed by atoms with Crippen LogP contribution in [0.5, 0.6) is 17.2 Å². The van der Waals surface area contributed by atoms with Crippen LogP contribution < -0.4 is 14.2 Å². The zero-order chi connectivity index (χ0) is 22.6. The van der Waals surface area contributed by atoms with Crippen LogP contribution in [0.2, 0.25) is 0 Å². The van der Waals surface area contributed by atoms with Gasteiger partial charge in [0.2, 0.25) is 0 Å². The van der Waals surface area contributed by atoms with Gasteiger partial charge in [0, 0.05) is 5.56 Å². The van der Waals surface area contributed by atoms with Crippen molar-refractivity contribution < 1.29 is 19.0 Å². The van der Waals surface area contributed by atoms with Gasteiger partial charge in [-0.3, -0.25) is 0 Å². The van der Waals surface area contributed by atoms with Crippen LogP contribution in [0.25, 0.3) is 0 Å². The molecule has 2 aromatic carbocycles. The van der Waals surface area contributed by atoms with Crippen LogP contribution in [0, 0.1) is 13.8 Å². The van der Waals surface area contributed by atoms with Gasteiger partial charge in [-0.1, -0.05) is 17.3 Å². The van der Waals surface area contributed by atoms with E-state index in [2.05, 4.69) is 21.1 Å². The number of aryl methyl sites for hydroxylation is 2. The van der Waals surface area contributed by atoms with Crippen molar-refractivity contribution in [2.24, 2.45) is 5.16 Å². The van der Waals surface area contributed by atoms with E-state index < -0.39 is 0 Å². The highest BCUT2D eigenvalue weighted by atomic mass is 79.9. The van der Waals surface area contributed by atoms with Crippen LogP contribution in [0.3, 0.4) is 0 Å². The second-order valence-corrected chi connectivity index (χ2v) is 8.03. The van der Waals surface area contributed by atoms with Gasteiger partial charge >= 0.3 is 0 Å². The molecule has 0 aliphatic rings. The average molecular weight is 490 g/mol. The molecule has 168 valence electrons. The van der Waals surface area contributed by atoms with Crippen molar-refractivity contribution >= 4 is 21.6 Å². The Morgan fingerprint density at radius 2 is 1.68 bits per heavy atom. The Bertz CT molecular complexity index is 885. The average Bonchev–Trinajstić information content (AvgIpc) is 2.73. The summed E-state index contributed by atoms with van der Waals surface area (Å²) in [5.74, 6) is 2.62. The molecule has 0 atom stereocenters. The third-order valence-electron chi connectivity index (χ3n) is 4.64. The monoisotopic (exact) mass is 489 g/mol. The van der Waals surface area contributed by atoms with Gasteiger partial charge in [0.15, 0.2) is 0 Å². The van der Waals surface area contributed by atoms with Crippen LogP contribution in [0.1, 0.15) is 43.4 Å². The predicted molar refractivity (Wildman–Crippen MR) is 130 cm³/mol. The fraction of sp³-hybridized carbons (Fsp3) is 0.400. The molecule has 0 aliphatic carbocycles. The molecule has 0 heterocycles. The number of benzene rings is 2. The van der Waals surface area contributed by atoms with Gasteiger partial charge in [-0.05, 0) is 97.9 Å². The van der Waals surface area contributed by atoms with E-state index in [-0.39, 0.29) is 0 Å². The first-order chi connectivity index (χ1) is 15.0. The third-order valence-corrected chi connectivity index (χ3v) is 5.26. The van der Waals surface area contributed by atoms with Gasteiger partial charge in [0.1, 0.15) is 31.0 Å². The summed E-state index contributed by atoms with van der Waals surface area (Å²) in [6.07, 6.45) is 5.78. The van der Waals surface area contributed by atoms with Crippen LogP contribution >= 0.6 is 15.9 Å². The maximum Gasteiger partial charge on any atom is 0.133 e. The lowest BCUT2D eigenvalue weighted by Gasteiger charge is -2.14. The molecule has 2 aromatic rings. The van der Waals surface area contributed by atoms with E-state index >= 15 is 0 Å². The highest BCUT2D eigenvalue weighted by Gasteiger charge is 2.08. The molecule has 2 rings (SSSR count). The summed E-state index contributed by atoms with van der Waals surface area (Å²) in [5, 5.41) is 3.95. The standard InChI is InChI=1S/C25H32BrNO4/c1-6-7-12-29-22-15-18(2)25(19(3)16-22)31-14-9-8-13-30-24-11-10-21(17-23(24)26)20(4)27-28-5/h6-7,10-11,15-17H,8-9,12-14H2,1-5H3/b7-6+,27-20?. The Kier molecular flexibility index (Phi) is 10.4. The van der Waals surface area contributed by atoms with Crippen molar-refractivity contribution in [2.45, 2.75) is 40.5 Å². The number of oxime groups is 1. The van der Waals surface area contributed by atoms with Crippen LogP contribution in [-0.2, 0) is 4.84 Å². The summed E-state index contributed by atoms with van der Waals surface area (Å²) in [6, 6.07) is 9.94. The number of hydrogen-bond acceptors (Lipinski definition) is 5. The van der Waals surface area contributed by atoms with Gasteiger partial charge in [0.25, 0.3) is 0 Å². The molecule has 0 saturated heterocycles. The molecule has 5 nitrogen and oxygen atoms in total. The van der Waals surface area contributed by atoms with Gasteiger partial charge < -0.3 is 19.0 Å². The second-order valence-electron chi connectivity index (χ2n) is 7.17. The van der Waals surface area contributed by atoms with Crippen LogP contribution in [0.4, 0.5) is 0 Å². The van der Waals surface area contributed by atoms with E-state index in [1.165, 1.54) is 7.11 Å². The Morgan fingerprint density at radius 1 is 1.00 bits per heavy atom. The first-order valence-electron chi connectivity index (χ1n) is 10.4. The predicted octanol–water partition coefficient (Wildman–Crippen LogP) is 6.63. The van der Waals surface area contributed by atoms with Crippen molar-refractivity contribution in [2.75, 3.05) is 26.9 Å². The van der Waals surface area contributed by atoms with Crippen molar-refractivity contribution in [3.8, 4) is 17.2 Å². The highest BCUT2D eigenvalue weighted by Crippen LogP contribution is 2.29. The van der Waals surface area contributed by atoms with Gasteiger partial charge in [-0.15, -0.1) is 0 Å². The molecule has 0 bridgehead atoms. The highest BCUT2D eigenvalue weighted by molar-refractivity contribution is 9.10. The van der Waals surface area contributed by atoms with E-state index in [0.29, 0.717) is 19.8 Å². The molecular weight excluding hydrogens is 458 g/mol. The molecule has 0 spiro atoms. The van der Waals surface area contributed by atoms with E-state index in [4.69, 9.17) is 19.0 Å². The normalized spacial score (nSPS) is 11.6. The van der Waals surface area contributed by atoms with E-state index in [9.17, 15) is 0 Å². The summed E-state index contributed by atoms with van der Waals surface area (Å²) in [7, 11) is 1.54. The third kappa shape index (κ3) is 7.94. The molecule has 31 heavy (non-hydrogen) atoms. The van der Waals surface area contributed by atoms with Gasteiger partial charge in [0.05, 0.1) is 23.4 Å². The lowest BCUT2D eigenvalue weighted by molar-refractivity contribution is 0.213. The van der Waals surface area contributed by atoms with E-state index in [0.717, 1.165) is 57.0 Å².